The first-order chi connectivity index (χ1) is 12.5. The molecule has 0 saturated heterocycles. The Labute approximate surface area is 179 Å². The first-order valence-corrected chi connectivity index (χ1v) is 9.12. The van der Waals surface area contributed by atoms with E-state index in [4.69, 9.17) is 4.74 Å². The number of nitrogens with zero attached hydrogens (tertiary/aromatic N) is 2. The van der Waals surface area contributed by atoms with Crippen LogP contribution in [0.1, 0.15) is 45.8 Å². The molecule has 6 nitrogen and oxygen atoms in total. The Morgan fingerprint density at radius 3 is 2.74 bits per heavy atom. The Bertz CT molecular complexity index is 797. The number of aryl methyl sites for hydroxylation is 1. The molecule has 0 aliphatic rings. The van der Waals surface area contributed by atoms with E-state index in [1.807, 2.05) is 6.92 Å². The molecular formula is C18H24FIN4O2S. The molecule has 0 fully saturated rings. The van der Waals surface area contributed by atoms with E-state index in [9.17, 15) is 9.18 Å². The Kier molecular flexibility index (Phi) is 9.64. The molecule has 27 heavy (non-hydrogen) atoms. The van der Waals surface area contributed by atoms with Gasteiger partial charge in [-0.15, -0.1) is 35.3 Å². The number of carbonyl (C=O) groups excluding carboxylic acids is 1. The Morgan fingerprint density at radius 2 is 2.11 bits per heavy atom. The maximum absolute atomic E-state index is 13.7. The molecule has 0 radical (unpaired) electrons. The third kappa shape index (κ3) is 6.42. The van der Waals surface area contributed by atoms with Gasteiger partial charge in [0.15, 0.2) is 5.96 Å². The molecule has 0 amide bonds. The van der Waals surface area contributed by atoms with E-state index >= 15 is 0 Å². The number of rotatable bonds is 6. The minimum absolute atomic E-state index is 0. The standard InChI is InChI=1S/C18H23FN4O2S.HI/c1-5-25-17(24)15-11(2)22-16(26-15)12(3)23-18(20-4)21-10-13-8-6-7-9-14(13)19;/h6-9,12H,5,10H2,1-4H3,(H2,20,21,23);1H. The molecule has 1 heterocycles. The van der Waals surface area contributed by atoms with Crippen molar-refractivity contribution < 1.29 is 13.9 Å². The summed E-state index contributed by atoms with van der Waals surface area (Å²) in [6.07, 6.45) is 0. The number of thiazole rings is 1. The zero-order chi connectivity index (χ0) is 19.1. The molecule has 148 valence electrons. The largest absolute Gasteiger partial charge is 0.462 e. The van der Waals surface area contributed by atoms with Gasteiger partial charge in [0.2, 0.25) is 0 Å². The van der Waals surface area contributed by atoms with Crippen LogP contribution in [0.15, 0.2) is 29.3 Å². The minimum atomic E-state index is -0.358. The molecule has 1 aromatic carbocycles. The molecule has 0 spiro atoms. The van der Waals surface area contributed by atoms with Crippen LogP contribution in [0, 0.1) is 12.7 Å². The molecule has 2 rings (SSSR count). The lowest BCUT2D eigenvalue weighted by Crippen LogP contribution is -2.38. The highest BCUT2D eigenvalue weighted by Gasteiger charge is 2.20. The molecule has 2 aromatic rings. The summed E-state index contributed by atoms with van der Waals surface area (Å²) >= 11 is 1.29. The number of hydrogen-bond donors (Lipinski definition) is 2. The van der Waals surface area contributed by atoms with Crippen LogP contribution in [-0.4, -0.2) is 30.6 Å². The van der Waals surface area contributed by atoms with E-state index in [1.54, 1.807) is 39.1 Å². The highest BCUT2D eigenvalue weighted by molar-refractivity contribution is 14.0. The summed E-state index contributed by atoms with van der Waals surface area (Å²) in [5, 5.41) is 7.02. The summed E-state index contributed by atoms with van der Waals surface area (Å²) in [6, 6.07) is 6.40. The van der Waals surface area contributed by atoms with Crippen LogP contribution in [-0.2, 0) is 11.3 Å². The topological polar surface area (TPSA) is 75.6 Å². The maximum atomic E-state index is 13.7. The minimum Gasteiger partial charge on any atom is -0.462 e. The van der Waals surface area contributed by atoms with E-state index in [2.05, 4.69) is 20.6 Å². The maximum Gasteiger partial charge on any atom is 0.350 e. The van der Waals surface area contributed by atoms with E-state index in [-0.39, 0.29) is 41.8 Å². The van der Waals surface area contributed by atoms with Crippen molar-refractivity contribution in [3.05, 3.63) is 51.2 Å². The van der Waals surface area contributed by atoms with Crippen LogP contribution in [0.3, 0.4) is 0 Å². The van der Waals surface area contributed by atoms with Gasteiger partial charge in [-0.2, -0.15) is 0 Å². The summed E-state index contributed by atoms with van der Waals surface area (Å²) in [4.78, 5) is 21.0. The lowest BCUT2D eigenvalue weighted by atomic mass is 10.2. The molecule has 9 heteroatoms. The van der Waals surface area contributed by atoms with Crippen molar-refractivity contribution in [1.82, 2.24) is 15.6 Å². The van der Waals surface area contributed by atoms with E-state index in [0.717, 1.165) is 5.01 Å². The van der Waals surface area contributed by atoms with Crippen molar-refractivity contribution in [1.29, 1.82) is 0 Å². The number of guanidine groups is 1. The summed E-state index contributed by atoms with van der Waals surface area (Å²) in [5.41, 5.74) is 1.20. The Balaban J connectivity index is 0.00000364. The molecule has 1 unspecified atom stereocenters. The number of ether oxygens (including phenoxy) is 1. The number of halogens is 2. The fourth-order valence-corrected chi connectivity index (χ4v) is 3.23. The number of benzene rings is 1. The smallest absolute Gasteiger partial charge is 0.350 e. The lowest BCUT2D eigenvalue weighted by molar-refractivity contribution is 0.0531. The molecule has 0 aliphatic heterocycles. The first kappa shape index (κ1) is 23.3. The zero-order valence-corrected chi connectivity index (χ0v) is 18.9. The van der Waals surface area contributed by atoms with Gasteiger partial charge in [-0.1, -0.05) is 18.2 Å². The van der Waals surface area contributed by atoms with Crippen LogP contribution >= 0.6 is 35.3 Å². The van der Waals surface area contributed by atoms with Gasteiger partial charge in [0, 0.05) is 19.2 Å². The quantitative estimate of drug-likeness (QED) is 0.270. The van der Waals surface area contributed by atoms with Crippen LogP contribution in [0.4, 0.5) is 4.39 Å². The van der Waals surface area contributed by atoms with E-state index < -0.39 is 0 Å². The zero-order valence-electron chi connectivity index (χ0n) is 15.7. The number of nitrogens with one attached hydrogen (secondary N) is 2. The molecule has 0 aliphatic carbocycles. The molecular weight excluding hydrogens is 482 g/mol. The fourth-order valence-electron chi connectivity index (χ4n) is 2.27. The Morgan fingerprint density at radius 1 is 1.41 bits per heavy atom. The van der Waals surface area contributed by atoms with Gasteiger partial charge in [0.25, 0.3) is 0 Å². The fraction of sp³-hybridized carbons (Fsp3) is 0.389. The van der Waals surface area contributed by atoms with Crippen LogP contribution in [0.25, 0.3) is 0 Å². The summed E-state index contributed by atoms with van der Waals surface area (Å²) < 4.78 is 18.7. The highest BCUT2D eigenvalue weighted by atomic mass is 127. The van der Waals surface area contributed by atoms with Crippen LogP contribution < -0.4 is 10.6 Å². The predicted octanol–water partition coefficient (Wildman–Crippen LogP) is 3.81. The summed E-state index contributed by atoms with van der Waals surface area (Å²) in [7, 11) is 1.64. The molecule has 0 bridgehead atoms. The summed E-state index contributed by atoms with van der Waals surface area (Å²) in [6.45, 7) is 6.11. The highest BCUT2D eigenvalue weighted by Crippen LogP contribution is 2.24. The number of carbonyl (C=O) groups is 1. The van der Waals surface area contributed by atoms with Gasteiger partial charge in [-0.3, -0.25) is 4.99 Å². The average molecular weight is 506 g/mol. The van der Waals surface area contributed by atoms with E-state index in [0.29, 0.717) is 35.2 Å². The number of hydrogen-bond acceptors (Lipinski definition) is 5. The van der Waals surface area contributed by atoms with Crippen molar-refractivity contribution in [3.63, 3.8) is 0 Å². The average Bonchev–Trinajstić information content (AvgIpc) is 3.02. The van der Waals surface area contributed by atoms with Gasteiger partial charge in [0.1, 0.15) is 15.7 Å². The van der Waals surface area contributed by atoms with Gasteiger partial charge >= 0.3 is 5.97 Å². The second-order valence-corrected chi connectivity index (χ2v) is 6.60. The van der Waals surface area contributed by atoms with Crippen molar-refractivity contribution in [2.75, 3.05) is 13.7 Å². The van der Waals surface area contributed by atoms with Gasteiger partial charge in [-0.05, 0) is 26.8 Å². The molecule has 1 aromatic heterocycles. The van der Waals surface area contributed by atoms with Crippen molar-refractivity contribution >= 4 is 47.2 Å². The second-order valence-electron chi connectivity index (χ2n) is 5.57. The molecule has 1 atom stereocenters. The SMILES string of the molecule is CCOC(=O)c1sc(C(C)NC(=NC)NCc2ccccc2F)nc1C.I. The first-order valence-electron chi connectivity index (χ1n) is 8.31. The van der Waals surface area contributed by atoms with Crippen molar-refractivity contribution in [2.45, 2.75) is 33.4 Å². The van der Waals surface area contributed by atoms with Gasteiger partial charge < -0.3 is 15.4 Å². The monoisotopic (exact) mass is 506 g/mol. The van der Waals surface area contributed by atoms with Crippen LogP contribution in [0.5, 0.6) is 0 Å². The number of esters is 1. The second kappa shape index (κ2) is 11.2. The predicted molar refractivity (Wildman–Crippen MR) is 116 cm³/mol. The third-order valence-electron chi connectivity index (χ3n) is 3.63. The number of aromatic nitrogens is 1. The Hall–Kier alpha value is -1.75. The summed E-state index contributed by atoms with van der Waals surface area (Å²) in [5.74, 6) is -0.104. The number of aliphatic imine (C=N–C) groups is 1. The van der Waals surface area contributed by atoms with Crippen molar-refractivity contribution in [2.24, 2.45) is 4.99 Å². The van der Waals surface area contributed by atoms with E-state index in [1.165, 1.54) is 17.4 Å². The third-order valence-corrected chi connectivity index (χ3v) is 4.95. The molecule has 0 saturated carbocycles. The van der Waals surface area contributed by atoms with Gasteiger partial charge in [0.05, 0.1) is 18.3 Å². The van der Waals surface area contributed by atoms with Gasteiger partial charge in [-0.25, -0.2) is 14.2 Å². The van der Waals surface area contributed by atoms with Crippen molar-refractivity contribution in [3.8, 4) is 0 Å². The normalized spacial score (nSPS) is 12.1. The lowest BCUT2D eigenvalue weighted by Gasteiger charge is -2.16. The van der Waals surface area contributed by atoms with Crippen LogP contribution in [0.2, 0.25) is 0 Å². The molecule has 2 N–H and O–H groups in total.